The van der Waals surface area contributed by atoms with Crippen LogP contribution in [-0.4, -0.2) is 11.2 Å². The first kappa shape index (κ1) is 10.6. The summed E-state index contributed by atoms with van der Waals surface area (Å²) in [5.41, 5.74) is 0.709. The molecule has 0 radical (unpaired) electrons. The first-order valence-corrected chi connectivity index (χ1v) is 4.56. The largest absolute Gasteiger partial charge is 0.475 e. The van der Waals surface area contributed by atoms with Crippen LogP contribution in [0.15, 0.2) is 24.3 Å². The van der Waals surface area contributed by atoms with Crippen LogP contribution in [0, 0.1) is 11.3 Å². The molecule has 0 bridgehead atoms. The second-order valence-corrected chi connectivity index (χ2v) is 2.91. The lowest BCUT2D eigenvalue weighted by molar-refractivity contribution is 0.232. The van der Waals surface area contributed by atoms with Crippen LogP contribution in [0.4, 0.5) is 0 Å². The number of hydrogen-bond acceptors (Lipinski definition) is 3. The topological polar surface area (TPSA) is 53.2 Å². The van der Waals surface area contributed by atoms with E-state index in [-0.39, 0.29) is 6.61 Å². The summed E-state index contributed by atoms with van der Waals surface area (Å²) in [6.45, 7) is 1.81. The van der Waals surface area contributed by atoms with Crippen molar-refractivity contribution in [3.63, 3.8) is 0 Å². The predicted molar refractivity (Wildman–Crippen MR) is 52.7 cm³/mol. The Hall–Kier alpha value is -1.53. The Morgan fingerprint density at radius 3 is 2.79 bits per heavy atom. The van der Waals surface area contributed by atoms with Crippen molar-refractivity contribution < 1.29 is 9.84 Å². The molecule has 1 aromatic rings. The molecular formula is C11H13NO2. The number of aliphatic hydroxyl groups is 1. The summed E-state index contributed by atoms with van der Waals surface area (Å²) in [6.07, 6.45) is 0.193. The van der Waals surface area contributed by atoms with Gasteiger partial charge in [0.1, 0.15) is 11.8 Å². The van der Waals surface area contributed by atoms with E-state index >= 15 is 0 Å². The van der Waals surface area contributed by atoms with Crippen molar-refractivity contribution in [1.29, 1.82) is 5.26 Å². The number of benzene rings is 1. The molecule has 0 aliphatic carbocycles. The summed E-state index contributed by atoms with van der Waals surface area (Å²) in [6, 6.07) is 9.22. The van der Waals surface area contributed by atoms with Crippen LogP contribution in [0.3, 0.4) is 0 Å². The molecule has 14 heavy (non-hydrogen) atoms. The molecule has 3 heteroatoms. The highest BCUT2D eigenvalue weighted by Gasteiger charge is 2.08. The number of ether oxygens (including phenoxy) is 1. The average Bonchev–Trinajstić information content (AvgIpc) is 2.26. The maximum atomic E-state index is 9.01. The third kappa shape index (κ3) is 2.48. The third-order valence-corrected chi connectivity index (χ3v) is 1.93. The monoisotopic (exact) mass is 191 g/mol. The first-order valence-electron chi connectivity index (χ1n) is 4.56. The molecule has 0 saturated heterocycles. The van der Waals surface area contributed by atoms with Gasteiger partial charge in [-0.3, -0.25) is 0 Å². The van der Waals surface area contributed by atoms with Gasteiger partial charge >= 0.3 is 0 Å². The summed E-state index contributed by atoms with van der Waals surface area (Å²) in [7, 11) is 0. The van der Waals surface area contributed by atoms with Gasteiger partial charge in [0.2, 0.25) is 0 Å². The van der Waals surface area contributed by atoms with E-state index in [1.54, 1.807) is 12.1 Å². The summed E-state index contributed by atoms with van der Waals surface area (Å²) in [4.78, 5) is 0. The number of nitrogens with zero attached hydrogens (tertiary/aromatic N) is 1. The SMILES string of the molecule is CCC(C#N)Oc1ccccc1CO. The zero-order valence-electron chi connectivity index (χ0n) is 8.10. The van der Waals surface area contributed by atoms with Crippen molar-refractivity contribution in [1.82, 2.24) is 0 Å². The Morgan fingerprint density at radius 2 is 2.21 bits per heavy atom. The minimum absolute atomic E-state index is 0.0714. The summed E-state index contributed by atoms with van der Waals surface area (Å²) < 4.78 is 5.41. The number of nitriles is 1. The number of para-hydroxylation sites is 1. The highest BCUT2D eigenvalue weighted by molar-refractivity contribution is 5.33. The fourth-order valence-corrected chi connectivity index (χ4v) is 1.10. The number of aliphatic hydroxyl groups excluding tert-OH is 1. The van der Waals surface area contributed by atoms with E-state index in [1.807, 2.05) is 25.1 Å². The van der Waals surface area contributed by atoms with Gasteiger partial charge < -0.3 is 9.84 Å². The van der Waals surface area contributed by atoms with Crippen molar-refractivity contribution in [2.24, 2.45) is 0 Å². The molecule has 0 aromatic heterocycles. The summed E-state index contributed by atoms with van der Waals surface area (Å²) in [5.74, 6) is 0.586. The van der Waals surface area contributed by atoms with Gasteiger partial charge in [-0.1, -0.05) is 25.1 Å². The predicted octanol–water partition coefficient (Wildman–Crippen LogP) is 1.86. The quantitative estimate of drug-likeness (QED) is 0.790. The fraction of sp³-hybridized carbons (Fsp3) is 0.364. The van der Waals surface area contributed by atoms with Gasteiger partial charge in [-0.15, -0.1) is 0 Å². The van der Waals surface area contributed by atoms with E-state index in [0.717, 1.165) is 0 Å². The average molecular weight is 191 g/mol. The molecule has 1 rings (SSSR count). The van der Waals surface area contributed by atoms with Gasteiger partial charge in [-0.2, -0.15) is 5.26 Å². The zero-order valence-corrected chi connectivity index (χ0v) is 8.10. The van der Waals surface area contributed by atoms with Crippen LogP contribution in [0.1, 0.15) is 18.9 Å². The molecule has 0 heterocycles. The van der Waals surface area contributed by atoms with Crippen LogP contribution in [0.5, 0.6) is 5.75 Å². The fourth-order valence-electron chi connectivity index (χ4n) is 1.10. The van der Waals surface area contributed by atoms with Gasteiger partial charge in [0.05, 0.1) is 6.61 Å². The van der Waals surface area contributed by atoms with E-state index in [2.05, 4.69) is 0 Å². The van der Waals surface area contributed by atoms with Gasteiger partial charge in [-0.05, 0) is 12.5 Å². The molecule has 1 aromatic carbocycles. The number of hydrogen-bond donors (Lipinski definition) is 1. The lowest BCUT2D eigenvalue weighted by atomic mass is 10.2. The molecule has 0 amide bonds. The standard InChI is InChI=1S/C11H13NO2/c1-2-10(7-12)14-11-6-4-3-5-9(11)8-13/h3-6,10,13H,2,8H2,1H3. The Labute approximate surface area is 83.6 Å². The lowest BCUT2D eigenvalue weighted by Crippen LogP contribution is -2.13. The summed E-state index contributed by atoms with van der Waals surface area (Å²) in [5, 5.41) is 17.7. The van der Waals surface area contributed by atoms with Gasteiger partial charge in [0, 0.05) is 5.56 Å². The maximum Gasteiger partial charge on any atom is 0.184 e. The van der Waals surface area contributed by atoms with E-state index < -0.39 is 6.10 Å². The molecule has 1 N–H and O–H groups in total. The van der Waals surface area contributed by atoms with Gasteiger partial charge in [0.15, 0.2) is 6.10 Å². The Kier molecular flexibility index (Phi) is 3.96. The molecule has 74 valence electrons. The van der Waals surface area contributed by atoms with Crippen LogP contribution in [0.25, 0.3) is 0 Å². The van der Waals surface area contributed by atoms with E-state index in [9.17, 15) is 0 Å². The van der Waals surface area contributed by atoms with Gasteiger partial charge in [0.25, 0.3) is 0 Å². The van der Waals surface area contributed by atoms with Crippen molar-refractivity contribution in [3.05, 3.63) is 29.8 Å². The van der Waals surface area contributed by atoms with E-state index in [1.165, 1.54) is 0 Å². The molecule has 0 spiro atoms. The van der Waals surface area contributed by atoms with Crippen LogP contribution in [-0.2, 0) is 6.61 Å². The van der Waals surface area contributed by atoms with Crippen molar-refractivity contribution >= 4 is 0 Å². The van der Waals surface area contributed by atoms with Crippen LogP contribution >= 0.6 is 0 Å². The van der Waals surface area contributed by atoms with Crippen molar-refractivity contribution in [2.75, 3.05) is 0 Å². The highest BCUT2D eigenvalue weighted by Crippen LogP contribution is 2.19. The van der Waals surface area contributed by atoms with Crippen LogP contribution in [0.2, 0.25) is 0 Å². The smallest absolute Gasteiger partial charge is 0.184 e. The van der Waals surface area contributed by atoms with E-state index in [0.29, 0.717) is 17.7 Å². The second kappa shape index (κ2) is 5.25. The Bertz CT molecular complexity index is 330. The Morgan fingerprint density at radius 1 is 1.50 bits per heavy atom. The molecule has 0 aliphatic rings. The maximum absolute atomic E-state index is 9.01. The van der Waals surface area contributed by atoms with E-state index in [4.69, 9.17) is 15.1 Å². The lowest BCUT2D eigenvalue weighted by Gasteiger charge is -2.12. The molecule has 1 unspecified atom stereocenters. The molecule has 1 atom stereocenters. The minimum Gasteiger partial charge on any atom is -0.475 e. The Balaban J connectivity index is 2.80. The normalized spacial score (nSPS) is 11.8. The second-order valence-electron chi connectivity index (χ2n) is 2.91. The first-order chi connectivity index (χ1) is 6.81. The minimum atomic E-state index is -0.442. The highest BCUT2D eigenvalue weighted by atomic mass is 16.5. The molecule has 0 fully saturated rings. The molecule has 0 aliphatic heterocycles. The van der Waals surface area contributed by atoms with Crippen molar-refractivity contribution in [3.8, 4) is 11.8 Å². The molecular weight excluding hydrogens is 178 g/mol. The van der Waals surface area contributed by atoms with Crippen LogP contribution < -0.4 is 4.74 Å². The molecule has 3 nitrogen and oxygen atoms in total. The molecule has 0 saturated carbocycles. The summed E-state index contributed by atoms with van der Waals surface area (Å²) >= 11 is 0. The van der Waals surface area contributed by atoms with Gasteiger partial charge in [-0.25, -0.2) is 0 Å². The van der Waals surface area contributed by atoms with Crippen molar-refractivity contribution in [2.45, 2.75) is 26.1 Å². The zero-order chi connectivity index (χ0) is 10.4. The number of rotatable bonds is 4. The third-order valence-electron chi connectivity index (χ3n) is 1.93.